The van der Waals surface area contributed by atoms with Crippen LogP contribution >= 0.6 is 11.8 Å². The van der Waals surface area contributed by atoms with Gasteiger partial charge in [-0.05, 0) is 50.6 Å². The van der Waals surface area contributed by atoms with Crippen LogP contribution in [0, 0.1) is 11.7 Å². The summed E-state index contributed by atoms with van der Waals surface area (Å²) >= 11 is 1.48. The van der Waals surface area contributed by atoms with Crippen LogP contribution in [0.3, 0.4) is 0 Å². The van der Waals surface area contributed by atoms with Crippen molar-refractivity contribution in [1.82, 2.24) is 9.80 Å². The number of halogens is 1. The van der Waals surface area contributed by atoms with E-state index in [4.69, 9.17) is 0 Å². The number of carboxylic acids is 1. The second-order valence-corrected chi connectivity index (χ2v) is 7.06. The molecule has 0 radical (unpaired) electrons. The average molecular weight is 322 g/mol. The first-order valence-electron chi connectivity index (χ1n) is 7.30. The first kappa shape index (κ1) is 15.4. The van der Waals surface area contributed by atoms with Crippen molar-refractivity contribution in [1.29, 1.82) is 0 Å². The van der Waals surface area contributed by atoms with Crippen molar-refractivity contribution < 1.29 is 14.3 Å². The average Bonchev–Trinajstić information content (AvgIpc) is 3.16. The third kappa shape index (κ3) is 2.98. The van der Waals surface area contributed by atoms with Crippen LogP contribution in [0.5, 0.6) is 0 Å². The van der Waals surface area contributed by atoms with Crippen molar-refractivity contribution in [3.05, 3.63) is 41.3 Å². The fourth-order valence-corrected chi connectivity index (χ4v) is 3.98. The molecule has 3 rings (SSSR count). The van der Waals surface area contributed by atoms with E-state index in [9.17, 15) is 14.3 Å². The molecule has 1 aliphatic heterocycles. The highest BCUT2D eigenvalue weighted by atomic mass is 32.2. The summed E-state index contributed by atoms with van der Waals surface area (Å²) in [4.78, 5) is 16.4. The summed E-state index contributed by atoms with van der Waals surface area (Å²) in [5, 5.41) is 9.69. The number of nitrogens with zero attached hydrogens (tertiary/aromatic N) is 2. The van der Waals surface area contributed by atoms with Crippen molar-refractivity contribution in [2.24, 2.45) is 5.92 Å². The molecule has 1 heterocycles. The van der Waals surface area contributed by atoms with Crippen LogP contribution in [0.2, 0.25) is 0 Å². The Hall–Kier alpha value is -1.53. The fourth-order valence-electron chi connectivity index (χ4n) is 2.66. The summed E-state index contributed by atoms with van der Waals surface area (Å²) in [5.41, 5.74) is 0.860. The van der Waals surface area contributed by atoms with Crippen molar-refractivity contribution >= 4 is 22.6 Å². The van der Waals surface area contributed by atoms with Gasteiger partial charge in [-0.1, -0.05) is 23.9 Å². The highest BCUT2D eigenvalue weighted by Crippen LogP contribution is 2.46. The Kier molecular flexibility index (Phi) is 4.14. The molecule has 1 N–H and O–H groups in total. The van der Waals surface area contributed by atoms with Gasteiger partial charge >= 0.3 is 5.97 Å². The van der Waals surface area contributed by atoms with Crippen LogP contribution in [0.1, 0.15) is 18.4 Å². The van der Waals surface area contributed by atoms with Gasteiger partial charge in [0.1, 0.15) is 17.0 Å². The number of carbonyl (C=O) groups is 1. The molecule has 1 aliphatic carbocycles. The minimum absolute atomic E-state index is 0.0648. The monoisotopic (exact) mass is 322 g/mol. The molecule has 0 bridgehead atoms. The maximum Gasteiger partial charge on any atom is 0.353 e. The molecule has 1 saturated carbocycles. The van der Waals surface area contributed by atoms with E-state index in [-0.39, 0.29) is 11.3 Å². The maximum absolute atomic E-state index is 13.5. The van der Waals surface area contributed by atoms with Gasteiger partial charge in [-0.15, -0.1) is 0 Å². The number of rotatable bonds is 5. The topological polar surface area (TPSA) is 43.8 Å². The van der Waals surface area contributed by atoms with E-state index in [2.05, 4.69) is 0 Å². The van der Waals surface area contributed by atoms with E-state index in [1.807, 2.05) is 23.9 Å². The van der Waals surface area contributed by atoms with Gasteiger partial charge in [-0.25, -0.2) is 9.18 Å². The molecule has 1 atom stereocenters. The van der Waals surface area contributed by atoms with Gasteiger partial charge < -0.3 is 10.0 Å². The van der Waals surface area contributed by atoms with Gasteiger partial charge in [-0.2, -0.15) is 0 Å². The van der Waals surface area contributed by atoms with E-state index in [0.29, 0.717) is 22.1 Å². The molecule has 0 spiro atoms. The summed E-state index contributed by atoms with van der Waals surface area (Å²) in [6, 6.07) is 6.15. The highest BCUT2D eigenvalue weighted by Gasteiger charge is 2.40. The molecular weight excluding hydrogens is 303 g/mol. The molecule has 118 valence electrons. The van der Waals surface area contributed by atoms with Crippen LogP contribution in [0.15, 0.2) is 30.0 Å². The molecule has 1 aromatic rings. The molecule has 4 nitrogen and oxygen atoms in total. The number of carboxylic acid groups (broad SMARTS) is 1. The Morgan fingerprint density at radius 1 is 1.45 bits per heavy atom. The lowest BCUT2D eigenvalue weighted by Gasteiger charge is -2.31. The Morgan fingerprint density at radius 3 is 2.73 bits per heavy atom. The molecule has 2 aliphatic rings. The molecule has 0 amide bonds. The molecule has 0 saturated heterocycles. The highest BCUT2D eigenvalue weighted by molar-refractivity contribution is 8.09. The zero-order valence-corrected chi connectivity index (χ0v) is 13.4. The number of thioether (sulfide) groups is 1. The SMILES string of the molecule is CN(C)C1SC(c2cccc(F)c2)=C(C(=O)O)N1CC1CC1. The second kappa shape index (κ2) is 5.93. The summed E-state index contributed by atoms with van der Waals surface area (Å²) in [7, 11) is 3.87. The van der Waals surface area contributed by atoms with Crippen molar-refractivity contribution in [2.45, 2.75) is 18.3 Å². The number of benzene rings is 1. The van der Waals surface area contributed by atoms with Gasteiger partial charge in [0.25, 0.3) is 0 Å². The smallest absolute Gasteiger partial charge is 0.353 e. The lowest BCUT2D eigenvalue weighted by Crippen LogP contribution is -2.41. The van der Waals surface area contributed by atoms with E-state index in [1.165, 1.54) is 23.9 Å². The third-order valence-corrected chi connectivity index (χ3v) is 5.43. The summed E-state index contributed by atoms with van der Waals surface area (Å²) in [5.74, 6) is -0.724. The van der Waals surface area contributed by atoms with Gasteiger partial charge in [0.2, 0.25) is 0 Å². The van der Waals surface area contributed by atoms with Gasteiger partial charge in [0, 0.05) is 11.4 Å². The van der Waals surface area contributed by atoms with Gasteiger partial charge in [0.05, 0.1) is 0 Å². The third-order valence-electron chi connectivity index (χ3n) is 3.88. The van der Waals surface area contributed by atoms with Gasteiger partial charge in [0.15, 0.2) is 0 Å². The number of aliphatic carboxylic acids is 1. The first-order valence-corrected chi connectivity index (χ1v) is 8.18. The van der Waals surface area contributed by atoms with E-state index >= 15 is 0 Å². The zero-order valence-electron chi connectivity index (χ0n) is 12.6. The quantitative estimate of drug-likeness (QED) is 0.903. The Balaban J connectivity index is 2.02. The van der Waals surface area contributed by atoms with Crippen molar-refractivity contribution in [3.8, 4) is 0 Å². The lowest BCUT2D eigenvalue weighted by molar-refractivity contribution is -0.134. The molecule has 1 unspecified atom stereocenters. The predicted octanol–water partition coefficient (Wildman–Crippen LogP) is 2.88. The van der Waals surface area contributed by atoms with Gasteiger partial charge in [-0.3, -0.25) is 4.90 Å². The Morgan fingerprint density at radius 2 is 2.18 bits per heavy atom. The Bertz CT molecular complexity index is 628. The molecule has 6 heteroatoms. The first-order chi connectivity index (χ1) is 10.5. The van der Waals surface area contributed by atoms with E-state index in [0.717, 1.165) is 19.4 Å². The molecule has 1 fully saturated rings. The second-order valence-electron chi connectivity index (χ2n) is 6.00. The Labute approximate surface area is 133 Å². The fraction of sp³-hybridized carbons (Fsp3) is 0.438. The molecule has 1 aromatic carbocycles. The van der Waals surface area contributed by atoms with Crippen LogP contribution in [0.25, 0.3) is 4.91 Å². The molecule has 0 aromatic heterocycles. The normalized spacial score (nSPS) is 21.8. The largest absolute Gasteiger partial charge is 0.477 e. The van der Waals surface area contributed by atoms with E-state index in [1.54, 1.807) is 12.1 Å². The molecular formula is C16H19FN2O2S. The maximum atomic E-state index is 13.5. The van der Waals surface area contributed by atoms with Crippen LogP contribution < -0.4 is 0 Å². The van der Waals surface area contributed by atoms with Crippen molar-refractivity contribution in [2.75, 3.05) is 20.6 Å². The summed E-state index contributed by atoms with van der Waals surface area (Å²) < 4.78 is 13.5. The minimum atomic E-state index is -0.947. The minimum Gasteiger partial charge on any atom is -0.477 e. The number of hydrogen-bond donors (Lipinski definition) is 1. The van der Waals surface area contributed by atoms with Crippen LogP contribution in [-0.2, 0) is 4.79 Å². The predicted molar refractivity (Wildman–Crippen MR) is 85.5 cm³/mol. The molecule has 22 heavy (non-hydrogen) atoms. The van der Waals surface area contributed by atoms with E-state index < -0.39 is 5.97 Å². The zero-order chi connectivity index (χ0) is 15.9. The lowest BCUT2D eigenvalue weighted by atomic mass is 10.1. The van der Waals surface area contributed by atoms with Crippen LogP contribution in [-0.4, -0.2) is 47.0 Å². The van der Waals surface area contributed by atoms with Crippen LogP contribution in [0.4, 0.5) is 4.39 Å². The summed E-state index contributed by atoms with van der Waals surface area (Å²) in [6.45, 7) is 0.746. The van der Waals surface area contributed by atoms with Crippen molar-refractivity contribution in [3.63, 3.8) is 0 Å². The number of hydrogen-bond acceptors (Lipinski definition) is 4. The summed E-state index contributed by atoms with van der Waals surface area (Å²) in [6.07, 6.45) is 2.31. The standard InChI is InChI=1S/C16H19FN2O2S/c1-18(2)16-19(9-10-6-7-10)13(15(20)21)14(22-16)11-4-3-5-12(17)8-11/h3-5,8,10,16H,6-7,9H2,1-2H3,(H,20,21).